The second-order valence-electron chi connectivity index (χ2n) is 3.21. The van der Waals surface area contributed by atoms with E-state index in [2.05, 4.69) is 0 Å². The van der Waals surface area contributed by atoms with E-state index in [1.807, 2.05) is 0 Å². The molecule has 0 fully saturated rings. The minimum Gasteiger partial charge on any atom is -0.487 e. The van der Waals surface area contributed by atoms with Gasteiger partial charge in [-0.2, -0.15) is 0 Å². The fourth-order valence-electron chi connectivity index (χ4n) is 1.33. The van der Waals surface area contributed by atoms with Crippen LogP contribution in [0.15, 0.2) is 17.0 Å². The zero-order valence-corrected chi connectivity index (χ0v) is 10.7. The molecule has 0 radical (unpaired) electrons. The van der Waals surface area contributed by atoms with Crippen LogP contribution in [0.2, 0.25) is 0 Å². The minimum atomic E-state index is -4.01. The highest BCUT2D eigenvalue weighted by Gasteiger charge is 2.23. The van der Waals surface area contributed by atoms with Crippen LogP contribution >= 0.6 is 10.7 Å². The van der Waals surface area contributed by atoms with Crippen molar-refractivity contribution in [3.05, 3.63) is 27.8 Å². The third kappa shape index (κ3) is 3.07. The van der Waals surface area contributed by atoms with Gasteiger partial charge in [0, 0.05) is 16.7 Å². The van der Waals surface area contributed by atoms with E-state index < -0.39 is 19.7 Å². The Balaban J connectivity index is 3.51. The predicted molar refractivity (Wildman–Crippen MR) is 62.0 cm³/mol. The summed E-state index contributed by atoms with van der Waals surface area (Å²) < 4.78 is 27.5. The predicted octanol–water partition coefficient (Wildman–Crippen LogP) is 2.23. The molecule has 0 aliphatic carbocycles. The minimum absolute atomic E-state index is 0.0269. The molecule has 0 N–H and O–H groups in total. The largest absolute Gasteiger partial charge is 0.487 e. The maximum absolute atomic E-state index is 11.2. The first-order chi connectivity index (χ1) is 7.77. The van der Waals surface area contributed by atoms with Crippen LogP contribution in [0.4, 0.5) is 5.69 Å². The molecule has 0 saturated carbocycles. The number of nitrogens with zero attached hydrogens (tertiary/aromatic N) is 1. The molecule has 0 atom stereocenters. The van der Waals surface area contributed by atoms with Crippen molar-refractivity contribution in [1.29, 1.82) is 0 Å². The average molecular weight is 280 g/mol. The number of benzene rings is 1. The topological polar surface area (TPSA) is 86.5 Å². The molecule has 17 heavy (non-hydrogen) atoms. The van der Waals surface area contributed by atoms with E-state index in [0.717, 1.165) is 6.07 Å². The van der Waals surface area contributed by atoms with Crippen molar-refractivity contribution in [3.8, 4) is 5.75 Å². The normalized spacial score (nSPS) is 11.2. The SMILES string of the molecule is CCOc1cc(C)c(S(=O)(=O)Cl)cc1[N+](=O)[O-]. The zero-order chi connectivity index (χ0) is 13.2. The van der Waals surface area contributed by atoms with Gasteiger partial charge in [0.15, 0.2) is 5.75 Å². The highest BCUT2D eigenvalue weighted by atomic mass is 35.7. The summed E-state index contributed by atoms with van der Waals surface area (Å²) in [7, 11) is 1.17. The summed E-state index contributed by atoms with van der Waals surface area (Å²) in [5.74, 6) is 0.0269. The van der Waals surface area contributed by atoms with Crippen LogP contribution < -0.4 is 4.74 Å². The van der Waals surface area contributed by atoms with Crippen LogP contribution in [-0.4, -0.2) is 19.9 Å². The molecule has 0 aliphatic heterocycles. The van der Waals surface area contributed by atoms with Crippen LogP contribution in [0, 0.1) is 17.0 Å². The van der Waals surface area contributed by atoms with Gasteiger partial charge >= 0.3 is 5.69 Å². The Hall–Kier alpha value is -1.34. The molecule has 0 amide bonds. The van der Waals surface area contributed by atoms with Crippen molar-refractivity contribution in [2.75, 3.05) is 6.61 Å². The van der Waals surface area contributed by atoms with Crippen molar-refractivity contribution >= 4 is 25.4 Å². The third-order valence-corrected chi connectivity index (χ3v) is 3.48. The number of hydrogen-bond donors (Lipinski definition) is 0. The summed E-state index contributed by atoms with van der Waals surface area (Å²) in [6.45, 7) is 3.40. The zero-order valence-electron chi connectivity index (χ0n) is 9.14. The highest BCUT2D eigenvalue weighted by molar-refractivity contribution is 8.13. The van der Waals surface area contributed by atoms with Gasteiger partial charge in [-0.15, -0.1) is 0 Å². The monoisotopic (exact) mass is 279 g/mol. The Labute approximate surface area is 103 Å². The molecule has 1 aromatic rings. The lowest BCUT2D eigenvalue weighted by Crippen LogP contribution is -2.02. The smallest absolute Gasteiger partial charge is 0.312 e. The first-order valence-corrected chi connectivity index (χ1v) is 6.94. The number of nitro groups is 1. The summed E-state index contributed by atoms with van der Waals surface area (Å²) >= 11 is 0. The van der Waals surface area contributed by atoms with E-state index in [0.29, 0.717) is 5.56 Å². The molecule has 6 nitrogen and oxygen atoms in total. The summed E-state index contributed by atoms with van der Waals surface area (Å²) in [6.07, 6.45) is 0. The quantitative estimate of drug-likeness (QED) is 0.479. The Bertz CT molecular complexity index is 555. The second-order valence-corrected chi connectivity index (χ2v) is 5.75. The van der Waals surface area contributed by atoms with Gasteiger partial charge in [-0.25, -0.2) is 8.42 Å². The summed E-state index contributed by atoms with van der Waals surface area (Å²) in [4.78, 5) is 9.78. The van der Waals surface area contributed by atoms with Crippen molar-refractivity contribution < 1.29 is 18.1 Å². The molecule has 1 rings (SSSR count). The molecule has 0 aromatic heterocycles. The molecule has 94 valence electrons. The molecule has 0 saturated heterocycles. The van der Waals surface area contributed by atoms with E-state index in [1.165, 1.54) is 13.0 Å². The number of halogens is 1. The van der Waals surface area contributed by atoms with Gasteiger partial charge < -0.3 is 4.74 Å². The van der Waals surface area contributed by atoms with Gasteiger partial charge in [0.1, 0.15) is 0 Å². The van der Waals surface area contributed by atoms with Crippen molar-refractivity contribution in [2.45, 2.75) is 18.7 Å². The van der Waals surface area contributed by atoms with Crippen molar-refractivity contribution in [2.24, 2.45) is 0 Å². The lowest BCUT2D eigenvalue weighted by atomic mass is 10.2. The van der Waals surface area contributed by atoms with E-state index >= 15 is 0 Å². The lowest BCUT2D eigenvalue weighted by molar-refractivity contribution is -0.386. The Kier molecular flexibility index (Phi) is 3.94. The van der Waals surface area contributed by atoms with Crippen LogP contribution in [-0.2, 0) is 9.05 Å². The summed E-state index contributed by atoms with van der Waals surface area (Å²) in [5, 5.41) is 10.8. The van der Waals surface area contributed by atoms with E-state index in [1.54, 1.807) is 6.92 Å². The lowest BCUT2D eigenvalue weighted by Gasteiger charge is -2.07. The fraction of sp³-hybridized carbons (Fsp3) is 0.333. The summed E-state index contributed by atoms with van der Waals surface area (Å²) in [6, 6.07) is 2.19. The standard InChI is InChI=1S/C9H10ClNO5S/c1-3-16-8-4-6(2)9(17(10,14)15)5-7(8)11(12)13/h4-5H,3H2,1-2H3. The first-order valence-electron chi connectivity index (χ1n) is 4.64. The Morgan fingerprint density at radius 2 is 2.06 bits per heavy atom. The molecular formula is C9H10ClNO5S. The molecule has 0 spiro atoms. The van der Waals surface area contributed by atoms with Gasteiger partial charge in [-0.05, 0) is 25.5 Å². The molecular weight excluding hydrogens is 270 g/mol. The molecule has 0 heterocycles. The molecule has 0 bridgehead atoms. The molecule has 8 heteroatoms. The van der Waals surface area contributed by atoms with Gasteiger partial charge in [0.25, 0.3) is 9.05 Å². The molecule has 1 aromatic carbocycles. The maximum atomic E-state index is 11.2. The highest BCUT2D eigenvalue weighted by Crippen LogP contribution is 2.33. The number of ether oxygens (including phenoxy) is 1. The van der Waals surface area contributed by atoms with Gasteiger partial charge in [-0.3, -0.25) is 10.1 Å². The van der Waals surface area contributed by atoms with E-state index in [4.69, 9.17) is 15.4 Å². The number of aryl methyl sites for hydroxylation is 1. The van der Waals surface area contributed by atoms with Crippen LogP contribution in [0.3, 0.4) is 0 Å². The second kappa shape index (κ2) is 4.89. The van der Waals surface area contributed by atoms with Crippen LogP contribution in [0.1, 0.15) is 12.5 Å². The van der Waals surface area contributed by atoms with Crippen LogP contribution in [0.5, 0.6) is 5.75 Å². The average Bonchev–Trinajstić information content (AvgIpc) is 2.15. The third-order valence-electron chi connectivity index (χ3n) is 2.02. The molecule has 0 aliphatic rings. The fourth-order valence-corrected chi connectivity index (χ4v) is 2.52. The van der Waals surface area contributed by atoms with Crippen molar-refractivity contribution in [3.63, 3.8) is 0 Å². The number of rotatable bonds is 4. The van der Waals surface area contributed by atoms with Gasteiger partial charge in [0.2, 0.25) is 0 Å². The molecule has 0 unspecified atom stereocenters. The van der Waals surface area contributed by atoms with E-state index in [9.17, 15) is 18.5 Å². The number of hydrogen-bond acceptors (Lipinski definition) is 5. The van der Waals surface area contributed by atoms with Gasteiger partial charge in [-0.1, -0.05) is 0 Å². The Morgan fingerprint density at radius 1 is 1.47 bits per heavy atom. The van der Waals surface area contributed by atoms with Gasteiger partial charge in [0.05, 0.1) is 16.4 Å². The first kappa shape index (κ1) is 13.7. The van der Waals surface area contributed by atoms with Crippen LogP contribution in [0.25, 0.3) is 0 Å². The maximum Gasteiger partial charge on any atom is 0.312 e. The number of nitro benzene ring substituents is 1. The van der Waals surface area contributed by atoms with Crippen molar-refractivity contribution in [1.82, 2.24) is 0 Å². The van der Waals surface area contributed by atoms with E-state index in [-0.39, 0.29) is 17.3 Å². The Morgan fingerprint density at radius 3 is 2.47 bits per heavy atom. The summed E-state index contributed by atoms with van der Waals surface area (Å²) in [5.41, 5.74) is -0.120.